The number of nitrogens with zero attached hydrogens (tertiary/aromatic N) is 3. The molecule has 2 rings (SSSR count). The largest absolute Gasteiger partial charge is 0.324 e. The quantitative estimate of drug-likeness (QED) is 0.591. The van der Waals surface area contributed by atoms with Crippen LogP contribution in [0.5, 0.6) is 0 Å². The van der Waals surface area contributed by atoms with Crippen molar-refractivity contribution in [3.05, 3.63) is 17.5 Å². The molecule has 4 nitrogen and oxygen atoms in total. The van der Waals surface area contributed by atoms with Gasteiger partial charge < -0.3 is 9.42 Å². The lowest BCUT2D eigenvalue weighted by Crippen LogP contribution is -2.28. The fourth-order valence-corrected chi connectivity index (χ4v) is 2.03. The summed E-state index contributed by atoms with van der Waals surface area (Å²) < 4.78 is 5.31. The van der Waals surface area contributed by atoms with Crippen LogP contribution in [0, 0.1) is 0 Å². The van der Waals surface area contributed by atoms with E-state index in [0.717, 1.165) is 25.3 Å². The highest BCUT2D eigenvalue weighted by Gasteiger charge is 2.18. The molecule has 0 N–H and O–H groups in total. The summed E-state index contributed by atoms with van der Waals surface area (Å²) in [4.78, 5) is 6.58. The third-order valence-corrected chi connectivity index (χ3v) is 3.28. The van der Waals surface area contributed by atoms with E-state index >= 15 is 0 Å². The molecule has 0 unspecified atom stereocenters. The van der Waals surface area contributed by atoms with Gasteiger partial charge in [0.15, 0.2) is 5.82 Å². The maximum atomic E-state index is 5.31. The van der Waals surface area contributed by atoms with Crippen LogP contribution in [-0.4, -0.2) is 30.5 Å². The molecule has 0 aromatic carbocycles. The lowest BCUT2D eigenvalue weighted by molar-refractivity contribution is 0.404. The van der Waals surface area contributed by atoms with Crippen LogP contribution in [-0.2, 0) is 0 Å². The van der Waals surface area contributed by atoms with E-state index in [4.69, 9.17) is 4.52 Å². The zero-order valence-electron chi connectivity index (χ0n) is 11.5. The lowest BCUT2D eigenvalue weighted by Gasteiger charge is -2.24. The lowest BCUT2D eigenvalue weighted by atomic mass is 9.75. The average molecular weight is 246 g/mol. The van der Waals surface area contributed by atoms with Crippen molar-refractivity contribution in [2.24, 2.45) is 0 Å². The van der Waals surface area contributed by atoms with E-state index in [1.165, 1.54) is 12.7 Å². The molecule has 97 valence electrons. The molecule has 18 heavy (non-hydrogen) atoms. The van der Waals surface area contributed by atoms with Crippen molar-refractivity contribution in [2.75, 3.05) is 18.0 Å². The molecule has 0 saturated heterocycles. The Bertz CT molecular complexity index is 414. The number of anilines is 1. The number of aromatic nitrogens is 2. The van der Waals surface area contributed by atoms with E-state index in [1.54, 1.807) is 5.57 Å². The monoisotopic (exact) mass is 246 g/mol. The first-order chi connectivity index (χ1) is 8.70. The summed E-state index contributed by atoms with van der Waals surface area (Å²) in [6.45, 7) is 8.13. The van der Waals surface area contributed by atoms with Crippen molar-refractivity contribution in [1.82, 2.24) is 10.1 Å². The molecule has 2 heterocycles. The van der Waals surface area contributed by atoms with Crippen LogP contribution in [0.2, 0.25) is 13.1 Å². The molecule has 0 saturated carbocycles. The SMILES string of the molecule is C[B]CCC1=CCN(c2nc(C(C)C)no2)CC1. The van der Waals surface area contributed by atoms with Gasteiger partial charge in [0.1, 0.15) is 7.28 Å². The Labute approximate surface area is 110 Å². The van der Waals surface area contributed by atoms with Gasteiger partial charge in [-0.05, 0) is 12.8 Å². The van der Waals surface area contributed by atoms with Gasteiger partial charge in [0, 0.05) is 19.0 Å². The van der Waals surface area contributed by atoms with Crippen molar-refractivity contribution in [3.8, 4) is 0 Å². The fraction of sp³-hybridized carbons (Fsp3) is 0.692. The molecule has 0 spiro atoms. The van der Waals surface area contributed by atoms with Gasteiger partial charge in [-0.3, -0.25) is 0 Å². The van der Waals surface area contributed by atoms with Gasteiger partial charge in [-0.25, -0.2) is 0 Å². The minimum Gasteiger partial charge on any atom is -0.320 e. The highest BCUT2D eigenvalue weighted by molar-refractivity contribution is 6.33. The van der Waals surface area contributed by atoms with E-state index in [-0.39, 0.29) is 0 Å². The van der Waals surface area contributed by atoms with Crippen LogP contribution in [0.15, 0.2) is 16.2 Å². The number of hydrogen-bond donors (Lipinski definition) is 0. The predicted molar refractivity (Wildman–Crippen MR) is 74.3 cm³/mol. The Morgan fingerprint density at radius 2 is 2.33 bits per heavy atom. The summed E-state index contributed by atoms with van der Waals surface area (Å²) in [7, 11) is 2.22. The first-order valence-corrected chi connectivity index (χ1v) is 6.75. The zero-order chi connectivity index (χ0) is 13.0. The van der Waals surface area contributed by atoms with Gasteiger partial charge in [0.2, 0.25) is 0 Å². The third-order valence-electron chi connectivity index (χ3n) is 3.28. The standard InChI is InChI=1S/C13H21BN3O/c1-10(2)12-15-13(18-16-12)17-8-5-11(6-9-17)4-7-14-3/h5,10H,4,6-9H2,1-3H3. The Hall–Kier alpha value is -1.26. The van der Waals surface area contributed by atoms with E-state index in [9.17, 15) is 0 Å². The van der Waals surface area contributed by atoms with Crippen molar-refractivity contribution < 1.29 is 4.52 Å². The van der Waals surface area contributed by atoms with Gasteiger partial charge >= 0.3 is 6.01 Å². The third kappa shape index (κ3) is 3.15. The Balaban J connectivity index is 1.94. The van der Waals surface area contributed by atoms with Gasteiger partial charge in [-0.2, -0.15) is 4.98 Å². The van der Waals surface area contributed by atoms with Crippen LogP contribution in [0.25, 0.3) is 0 Å². The number of hydrogen-bond acceptors (Lipinski definition) is 4. The van der Waals surface area contributed by atoms with Crippen molar-refractivity contribution in [1.29, 1.82) is 0 Å². The molecule has 1 radical (unpaired) electrons. The Kier molecular flexibility index (Phi) is 4.45. The second kappa shape index (κ2) is 6.07. The second-order valence-electron chi connectivity index (χ2n) is 5.10. The fourth-order valence-electron chi connectivity index (χ4n) is 2.03. The van der Waals surface area contributed by atoms with E-state index in [1.807, 2.05) is 0 Å². The zero-order valence-corrected chi connectivity index (χ0v) is 11.5. The molecule has 0 aliphatic carbocycles. The summed E-state index contributed by atoms with van der Waals surface area (Å²) in [5.74, 6) is 1.11. The minimum absolute atomic E-state index is 0.318. The summed E-state index contributed by atoms with van der Waals surface area (Å²) >= 11 is 0. The summed E-state index contributed by atoms with van der Waals surface area (Å²) in [6, 6.07) is 0.663. The van der Waals surface area contributed by atoms with E-state index in [2.05, 4.69) is 49.1 Å². The molecule has 1 aromatic heterocycles. The van der Waals surface area contributed by atoms with Crippen molar-refractivity contribution in [3.63, 3.8) is 0 Å². The molecule has 0 atom stereocenters. The molecule has 5 heteroatoms. The summed E-state index contributed by atoms with van der Waals surface area (Å²) in [6.07, 6.45) is 5.76. The predicted octanol–water partition coefficient (Wildman–Crippen LogP) is 2.89. The smallest absolute Gasteiger partial charge is 0.320 e. The topological polar surface area (TPSA) is 42.2 Å². The van der Waals surface area contributed by atoms with Gasteiger partial charge in [-0.15, -0.1) is 0 Å². The normalized spacial score (nSPS) is 16.0. The highest BCUT2D eigenvalue weighted by atomic mass is 16.5. The first-order valence-electron chi connectivity index (χ1n) is 6.75. The molecular weight excluding hydrogens is 225 g/mol. The average Bonchev–Trinajstić information content (AvgIpc) is 2.87. The van der Waals surface area contributed by atoms with E-state index in [0.29, 0.717) is 11.9 Å². The molecule has 0 bridgehead atoms. The van der Waals surface area contributed by atoms with Crippen LogP contribution in [0.4, 0.5) is 6.01 Å². The van der Waals surface area contributed by atoms with Crippen LogP contribution in [0.3, 0.4) is 0 Å². The van der Waals surface area contributed by atoms with Crippen molar-refractivity contribution in [2.45, 2.75) is 45.8 Å². The molecule has 0 fully saturated rings. The highest BCUT2D eigenvalue weighted by Crippen LogP contribution is 2.22. The molecular formula is C13H21BN3O. The maximum Gasteiger partial charge on any atom is 0.324 e. The molecule has 1 aliphatic heterocycles. The van der Waals surface area contributed by atoms with Gasteiger partial charge in [0.05, 0.1) is 0 Å². The van der Waals surface area contributed by atoms with Crippen molar-refractivity contribution >= 4 is 13.3 Å². The maximum absolute atomic E-state index is 5.31. The summed E-state index contributed by atoms with van der Waals surface area (Å²) in [5, 5.41) is 4.01. The Morgan fingerprint density at radius 1 is 1.50 bits per heavy atom. The van der Waals surface area contributed by atoms with E-state index < -0.39 is 0 Å². The van der Waals surface area contributed by atoms with Gasteiger partial charge in [-0.1, -0.05) is 43.8 Å². The van der Waals surface area contributed by atoms with Gasteiger partial charge in [0.25, 0.3) is 0 Å². The molecule has 0 amide bonds. The Morgan fingerprint density at radius 3 is 2.89 bits per heavy atom. The molecule has 1 aliphatic rings. The van der Waals surface area contributed by atoms with Crippen LogP contribution >= 0.6 is 0 Å². The van der Waals surface area contributed by atoms with Crippen LogP contribution in [0.1, 0.15) is 38.4 Å². The summed E-state index contributed by atoms with van der Waals surface area (Å²) in [5.41, 5.74) is 1.55. The number of rotatable bonds is 5. The second-order valence-corrected chi connectivity index (χ2v) is 5.10. The molecule has 1 aromatic rings. The van der Waals surface area contributed by atoms with Crippen LogP contribution < -0.4 is 4.90 Å². The first kappa shape index (κ1) is 13.2. The minimum atomic E-state index is 0.318.